The van der Waals surface area contributed by atoms with Crippen LogP contribution in [0.4, 0.5) is 5.82 Å². The van der Waals surface area contributed by atoms with Gasteiger partial charge in [0.15, 0.2) is 0 Å². The number of aromatic nitrogens is 2. The van der Waals surface area contributed by atoms with Crippen molar-refractivity contribution >= 4 is 43.0 Å². The summed E-state index contributed by atoms with van der Waals surface area (Å²) in [6.45, 7) is 5.88. The summed E-state index contributed by atoms with van der Waals surface area (Å²) in [5, 5.41) is 1.06. The van der Waals surface area contributed by atoms with Crippen molar-refractivity contribution in [3.63, 3.8) is 0 Å². The smallest absolute Gasteiger partial charge is 0.144 e. The molecular weight excluding hydrogens is 334 g/mol. The number of fused-ring (bicyclic) bond motifs is 3. The standard InChI is InChI=1S/C19H19N3O2S/c1-11(23-3)5-7-14(12(2)24-4)13-6-8-15-16(9-13)25-18-17(15)21-10-22-19(18)20/h5-10H,2H2,1,3-4H3,(H2,20,21,22)/b11-5+,14-7+. The number of hydrogen-bond acceptors (Lipinski definition) is 6. The van der Waals surface area contributed by atoms with E-state index in [2.05, 4.69) is 22.6 Å². The van der Waals surface area contributed by atoms with Crippen LogP contribution in [0.2, 0.25) is 0 Å². The second-order valence-electron chi connectivity index (χ2n) is 5.44. The Hall–Kier alpha value is -2.86. The maximum atomic E-state index is 5.98. The fourth-order valence-corrected chi connectivity index (χ4v) is 3.59. The van der Waals surface area contributed by atoms with E-state index in [9.17, 15) is 0 Å². The largest absolute Gasteiger partial charge is 0.501 e. The number of ether oxygens (including phenoxy) is 2. The van der Waals surface area contributed by atoms with Crippen molar-refractivity contribution in [2.45, 2.75) is 6.92 Å². The maximum absolute atomic E-state index is 5.98. The van der Waals surface area contributed by atoms with Crippen LogP contribution in [0.3, 0.4) is 0 Å². The Morgan fingerprint density at radius 1 is 1.20 bits per heavy atom. The molecule has 0 aliphatic carbocycles. The Bertz CT molecular complexity index is 1020. The van der Waals surface area contributed by atoms with E-state index in [4.69, 9.17) is 15.2 Å². The lowest BCUT2D eigenvalue weighted by molar-refractivity contribution is 0.293. The van der Waals surface area contributed by atoms with Crippen LogP contribution in [-0.4, -0.2) is 24.2 Å². The van der Waals surface area contributed by atoms with Crippen LogP contribution >= 0.6 is 11.3 Å². The van der Waals surface area contributed by atoms with Gasteiger partial charge in [-0.25, -0.2) is 9.97 Å². The average molecular weight is 353 g/mol. The molecule has 128 valence electrons. The molecule has 0 saturated heterocycles. The van der Waals surface area contributed by atoms with Crippen LogP contribution in [0.1, 0.15) is 12.5 Å². The van der Waals surface area contributed by atoms with E-state index < -0.39 is 0 Å². The summed E-state index contributed by atoms with van der Waals surface area (Å²) < 4.78 is 12.5. The lowest BCUT2D eigenvalue weighted by Crippen LogP contribution is -1.91. The number of hydrogen-bond donors (Lipinski definition) is 1. The highest BCUT2D eigenvalue weighted by Crippen LogP contribution is 2.37. The van der Waals surface area contributed by atoms with Gasteiger partial charge in [-0.2, -0.15) is 0 Å². The number of methoxy groups -OCH3 is 2. The van der Waals surface area contributed by atoms with Gasteiger partial charge in [0, 0.05) is 15.7 Å². The monoisotopic (exact) mass is 353 g/mol. The first kappa shape index (κ1) is 17.0. The Labute approximate surface area is 150 Å². The van der Waals surface area contributed by atoms with Crippen LogP contribution in [-0.2, 0) is 9.47 Å². The highest BCUT2D eigenvalue weighted by atomic mass is 32.1. The summed E-state index contributed by atoms with van der Waals surface area (Å²) in [5.74, 6) is 1.88. The molecule has 0 amide bonds. The summed E-state index contributed by atoms with van der Waals surface area (Å²) in [7, 11) is 3.25. The van der Waals surface area contributed by atoms with E-state index in [0.717, 1.165) is 37.2 Å². The van der Waals surface area contributed by atoms with E-state index in [1.54, 1.807) is 25.6 Å². The fourth-order valence-electron chi connectivity index (χ4n) is 2.49. The molecule has 2 N–H and O–H groups in total. The van der Waals surface area contributed by atoms with Gasteiger partial charge in [-0.15, -0.1) is 11.3 Å². The number of allylic oxidation sites excluding steroid dienone is 4. The molecule has 0 unspecified atom stereocenters. The molecule has 2 heterocycles. The van der Waals surface area contributed by atoms with Gasteiger partial charge in [0.05, 0.1) is 30.2 Å². The lowest BCUT2D eigenvalue weighted by Gasteiger charge is -2.10. The van der Waals surface area contributed by atoms with Crippen LogP contribution in [0.15, 0.2) is 54.8 Å². The number of thiophene rings is 1. The van der Waals surface area contributed by atoms with Gasteiger partial charge >= 0.3 is 0 Å². The summed E-state index contributed by atoms with van der Waals surface area (Å²) in [6, 6.07) is 6.16. The van der Waals surface area contributed by atoms with Gasteiger partial charge in [0.2, 0.25) is 0 Å². The predicted molar refractivity (Wildman–Crippen MR) is 104 cm³/mol. The molecule has 3 rings (SSSR count). The van der Waals surface area contributed by atoms with Crippen molar-refractivity contribution in [1.82, 2.24) is 9.97 Å². The molecule has 0 aliphatic rings. The van der Waals surface area contributed by atoms with E-state index >= 15 is 0 Å². The zero-order chi connectivity index (χ0) is 18.0. The molecule has 0 saturated carbocycles. The number of nitrogens with two attached hydrogens (primary N) is 1. The summed E-state index contributed by atoms with van der Waals surface area (Å²) in [6.07, 6.45) is 5.32. The molecule has 2 aromatic heterocycles. The molecule has 0 atom stereocenters. The average Bonchev–Trinajstić information content (AvgIpc) is 3.00. The second-order valence-corrected chi connectivity index (χ2v) is 6.49. The van der Waals surface area contributed by atoms with E-state index in [0.29, 0.717) is 11.6 Å². The molecule has 5 nitrogen and oxygen atoms in total. The predicted octanol–water partition coefficient (Wildman–Crippen LogP) is 4.52. The van der Waals surface area contributed by atoms with Crippen molar-refractivity contribution in [2.24, 2.45) is 0 Å². The molecule has 0 bridgehead atoms. The SMILES string of the molecule is C=C(OC)/C(=C\C=C(/C)OC)c1ccc2c(c1)sc1c(N)ncnc12. The number of rotatable bonds is 5. The molecule has 0 aliphatic heterocycles. The Kier molecular flexibility index (Phi) is 4.72. The van der Waals surface area contributed by atoms with Gasteiger partial charge in [0.1, 0.15) is 17.9 Å². The van der Waals surface area contributed by atoms with Gasteiger partial charge < -0.3 is 15.2 Å². The molecule has 6 heteroatoms. The molecule has 0 spiro atoms. The third-order valence-corrected chi connectivity index (χ3v) is 5.11. The summed E-state index contributed by atoms with van der Waals surface area (Å²) in [4.78, 5) is 8.43. The summed E-state index contributed by atoms with van der Waals surface area (Å²) in [5.41, 5.74) is 8.74. The first-order chi connectivity index (χ1) is 12.0. The van der Waals surface area contributed by atoms with Crippen LogP contribution < -0.4 is 5.73 Å². The molecule has 25 heavy (non-hydrogen) atoms. The normalized spacial score (nSPS) is 12.6. The van der Waals surface area contributed by atoms with Crippen molar-refractivity contribution in [3.05, 3.63) is 60.3 Å². The molecule has 1 aromatic carbocycles. The third-order valence-electron chi connectivity index (χ3n) is 3.94. The quantitative estimate of drug-likeness (QED) is 0.539. The van der Waals surface area contributed by atoms with E-state index in [1.165, 1.54) is 6.33 Å². The van der Waals surface area contributed by atoms with Crippen molar-refractivity contribution in [3.8, 4) is 0 Å². The molecular formula is C19H19N3O2S. The zero-order valence-electron chi connectivity index (χ0n) is 14.4. The van der Waals surface area contributed by atoms with Crippen LogP contribution in [0.25, 0.3) is 25.9 Å². The highest BCUT2D eigenvalue weighted by molar-refractivity contribution is 7.26. The van der Waals surface area contributed by atoms with Crippen LogP contribution in [0, 0.1) is 0 Å². The maximum Gasteiger partial charge on any atom is 0.144 e. The number of benzene rings is 1. The Morgan fingerprint density at radius 2 is 2.00 bits per heavy atom. The minimum atomic E-state index is 0.503. The minimum absolute atomic E-state index is 0.503. The first-order valence-corrected chi connectivity index (χ1v) is 8.45. The molecule has 0 fully saturated rings. The van der Waals surface area contributed by atoms with E-state index in [1.807, 2.05) is 31.2 Å². The molecule has 3 aromatic rings. The topological polar surface area (TPSA) is 70.3 Å². The first-order valence-electron chi connectivity index (χ1n) is 7.64. The fraction of sp³-hybridized carbons (Fsp3) is 0.158. The van der Waals surface area contributed by atoms with Crippen molar-refractivity contribution in [1.29, 1.82) is 0 Å². The lowest BCUT2D eigenvalue weighted by atomic mass is 10.0. The summed E-state index contributed by atoms with van der Waals surface area (Å²) >= 11 is 1.58. The third kappa shape index (κ3) is 3.21. The zero-order valence-corrected chi connectivity index (χ0v) is 15.2. The van der Waals surface area contributed by atoms with Gasteiger partial charge in [-0.05, 0) is 30.7 Å². The molecule has 0 radical (unpaired) electrons. The second kappa shape index (κ2) is 6.94. The number of anilines is 1. The van der Waals surface area contributed by atoms with Crippen molar-refractivity contribution in [2.75, 3.05) is 20.0 Å². The Morgan fingerprint density at radius 3 is 2.72 bits per heavy atom. The Balaban J connectivity index is 2.17. The highest BCUT2D eigenvalue weighted by Gasteiger charge is 2.12. The van der Waals surface area contributed by atoms with Gasteiger partial charge in [-0.1, -0.05) is 18.7 Å². The van der Waals surface area contributed by atoms with E-state index in [-0.39, 0.29) is 0 Å². The van der Waals surface area contributed by atoms with Crippen LogP contribution in [0.5, 0.6) is 0 Å². The number of nitrogen functional groups attached to an aromatic ring is 1. The van der Waals surface area contributed by atoms with Crippen molar-refractivity contribution < 1.29 is 9.47 Å². The number of nitrogens with zero attached hydrogens (tertiary/aromatic N) is 2. The van der Waals surface area contributed by atoms with Gasteiger partial charge in [0.25, 0.3) is 0 Å². The van der Waals surface area contributed by atoms with Gasteiger partial charge in [-0.3, -0.25) is 0 Å². The minimum Gasteiger partial charge on any atom is -0.501 e.